The van der Waals surface area contributed by atoms with Crippen LogP contribution in [0.4, 0.5) is 14.5 Å². The maximum atomic E-state index is 16.0. The number of aromatic nitrogens is 1. The van der Waals surface area contributed by atoms with Crippen LogP contribution >= 0.6 is 24.0 Å². The van der Waals surface area contributed by atoms with E-state index in [1.165, 1.54) is 21.3 Å². The topological polar surface area (TPSA) is 158 Å². The Morgan fingerprint density at radius 3 is 2.43 bits per heavy atom. The Kier molecular flexibility index (Phi) is 11.4. The Balaban J connectivity index is 0.00000240. The number of amides is 1. The molecule has 1 aromatic carbocycles. The number of fused-ring (bicyclic) bond motifs is 2. The van der Waals surface area contributed by atoms with E-state index in [4.69, 9.17) is 12.2 Å². The minimum atomic E-state index is -1.71. The van der Waals surface area contributed by atoms with Crippen LogP contribution in [-0.2, 0) is 9.59 Å². The fourth-order valence-corrected chi connectivity index (χ4v) is 8.04. The molecule has 6 rings (SSSR count). The first kappa shape index (κ1) is 37.3. The standard InChI is InChI=1S/C29H30F2N4O7S2.2Na/c1-11-17(23(28(41)42)35-21(11)19(12(2)36)26(35)38)10-44-29(43)32-13-5-6-33(8-13)24-18(30)7-15-22(20(24)31)34(14-3-4-14)9-16(25(15)37)27(39)40;;/h7,9,11-14,19,21,36H,3-6,8,10H2,1-2H3,(H,32,43)(H,39,40)(H,41,42);;/q;2*+1/p-2/t11-,12+,13?,19-,21+;;/m1../s1. The fourth-order valence-electron chi connectivity index (χ4n) is 6.76. The molecule has 2 aromatic rings. The minimum Gasteiger partial charge on any atom is -0.545 e. The van der Waals surface area contributed by atoms with Crippen LogP contribution in [0.3, 0.4) is 0 Å². The molecule has 0 radical (unpaired) electrons. The van der Waals surface area contributed by atoms with Gasteiger partial charge in [0.15, 0.2) is 11.2 Å². The number of hydrogen-bond acceptors (Lipinski definition) is 10. The summed E-state index contributed by atoms with van der Waals surface area (Å²) in [4.78, 5) is 51.4. The van der Waals surface area contributed by atoms with Gasteiger partial charge in [0.25, 0.3) is 0 Å². The summed E-state index contributed by atoms with van der Waals surface area (Å²) in [7, 11) is 0. The molecule has 3 aliphatic heterocycles. The third kappa shape index (κ3) is 6.31. The van der Waals surface area contributed by atoms with E-state index in [2.05, 4.69) is 5.32 Å². The Hall–Kier alpha value is -1.56. The molecule has 0 bridgehead atoms. The number of benzene rings is 1. The van der Waals surface area contributed by atoms with Crippen LogP contribution in [0.25, 0.3) is 10.9 Å². The van der Waals surface area contributed by atoms with Gasteiger partial charge in [-0.05, 0) is 37.8 Å². The summed E-state index contributed by atoms with van der Waals surface area (Å²) in [6.45, 7) is 3.74. The van der Waals surface area contributed by atoms with Crippen molar-refractivity contribution in [3.05, 3.63) is 51.0 Å². The number of carbonyl (C=O) groups excluding carboxylic acids is 3. The summed E-state index contributed by atoms with van der Waals surface area (Å²) in [5, 5.41) is 36.2. The van der Waals surface area contributed by atoms with Crippen LogP contribution in [0.1, 0.15) is 49.5 Å². The molecule has 2 N–H and O–H groups in total. The second kappa shape index (κ2) is 14.1. The molecule has 234 valence electrons. The van der Waals surface area contributed by atoms with Crippen molar-refractivity contribution in [3.63, 3.8) is 0 Å². The van der Waals surface area contributed by atoms with E-state index in [1.807, 2.05) is 0 Å². The minimum absolute atomic E-state index is 0. The smallest absolute Gasteiger partial charge is 0.545 e. The van der Waals surface area contributed by atoms with E-state index in [0.717, 1.165) is 24.0 Å². The number of β-lactam (4-membered cyclic amide) rings is 1. The number of aliphatic carboxylic acids is 1. The molecule has 1 aliphatic carbocycles. The third-order valence-corrected chi connectivity index (χ3v) is 10.3. The van der Waals surface area contributed by atoms with Gasteiger partial charge in [-0.2, -0.15) is 0 Å². The number of nitrogens with zero attached hydrogens (tertiary/aromatic N) is 3. The Morgan fingerprint density at radius 1 is 1.17 bits per heavy atom. The van der Waals surface area contributed by atoms with Crippen molar-refractivity contribution >= 4 is 62.7 Å². The predicted octanol–water partition coefficient (Wildman–Crippen LogP) is -5.97. The second-order valence-electron chi connectivity index (χ2n) is 11.8. The summed E-state index contributed by atoms with van der Waals surface area (Å²) < 4.78 is 33.0. The number of halogens is 2. The largest absolute Gasteiger partial charge is 1.00 e. The normalized spacial score (nSPS) is 24.2. The molecule has 46 heavy (non-hydrogen) atoms. The first-order chi connectivity index (χ1) is 20.8. The zero-order chi connectivity index (χ0) is 31.8. The molecule has 3 fully saturated rings. The molecule has 17 heteroatoms. The molecule has 1 amide bonds. The summed E-state index contributed by atoms with van der Waals surface area (Å²) in [6.07, 6.45) is 1.95. The van der Waals surface area contributed by atoms with Crippen LogP contribution in [-0.4, -0.2) is 73.8 Å². The molecular formula is C29H28F2N4Na2O7S2. The zero-order valence-electron chi connectivity index (χ0n) is 25.7. The monoisotopic (exact) mass is 692 g/mol. The number of carboxylic acids is 2. The second-order valence-corrected chi connectivity index (χ2v) is 13.4. The number of aliphatic hydroxyl groups excluding tert-OH is 1. The Bertz CT molecular complexity index is 1740. The van der Waals surface area contributed by atoms with Gasteiger partial charge < -0.3 is 44.6 Å². The maximum Gasteiger partial charge on any atom is 1.00 e. The van der Waals surface area contributed by atoms with Gasteiger partial charge in [0, 0.05) is 43.0 Å². The Morgan fingerprint density at radius 2 is 1.85 bits per heavy atom. The van der Waals surface area contributed by atoms with Gasteiger partial charge in [-0.1, -0.05) is 30.9 Å². The molecule has 1 aromatic heterocycles. The van der Waals surface area contributed by atoms with Crippen molar-refractivity contribution < 1.29 is 97.6 Å². The number of thioether (sulfide) groups is 1. The fraction of sp³-hybridized carbons (Fsp3) is 0.483. The quantitative estimate of drug-likeness (QED) is 0.154. The molecule has 4 aliphatic rings. The van der Waals surface area contributed by atoms with Gasteiger partial charge in [-0.25, -0.2) is 8.78 Å². The summed E-state index contributed by atoms with van der Waals surface area (Å²) in [6, 6.07) is -0.0903. The predicted molar refractivity (Wildman–Crippen MR) is 157 cm³/mol. The molecule has 0 spiro atoms. The van der Waals surface area contributed by atoms with Gasteiger partial charge in [-0.15, -0.1) is 0 Å². The number of carboxylic acid groups (broad SMARTS) is 2. The zero-order valence-corrected chi connectivity index (χ0v) is 31.3. The van der Waals surface area contributed by atoms with E-state index in [9.17, 15) is 34.5 Å². The molecule has 2 saturated heterocycles. The molecule has 11 nitrogen and oxygen atoms in total. The average Bonchev–Trinajstić information content (AvgIpc) is 3.63. The van der Waals surface area contributed by atoms with Crippen LogP contribution in [0.2, 0.25) is 0 Å². The van der Waals surface area contributed by atoms with Crippen molar-refractivity contribution in [3.8, 4) is 0 Å². The van der Waals surface area contributed by atoms with E-state index in [-0.39, 0.29) is 118 Å². The summed E-state index contributed by atoms with van der Waals surface area (Å²) >= 11 is 6.65. The molecule has 1 saturated carbocycles. The molecule has 5 atom stereocenters. The number of anilines is 1. The average molecular weight is 693 g/mol. The van der Waals surface area contributed by atoms with Crippen LogP contribution in [0, 0.1) is 23.5 Å². The Labute approximate surface area is 316 Å². The number of rotatable bonds is 8. The number of hydrogen-bond donors (Lipinski definition) is 2. The van der Waals surface area contributed by atoms with Gasteiger partial charge in [0.1, 0.15) is 15.8 Å². The number of aromatic carboxylic acids is 1. The number of aliphatic hydroxyl groups is 1. The van der Waals surface area contributed by atoms with E-state index in [0.29, 0.717) is 29.2 Å². The summed E-state index contributed by atoms with van der Waals surface area (Å²) in [5.74, 6) is -6.43. The van der Waals surface area contributed by atoms with E-state index < -0.39 is 58.5 Å². The van der Waals surface area contributed by atoms with Crippen molar-refractivity contribution in [2.24, 2.45) is 11.8 Å². The number of carbonyl (C=O) groups is 3. The van der Waals surface area contributed by atoms with Crippen LogP contribution in [0.5, 0.6) is 0 Å². The molecule has 4 heterocycles. The van der Waals surface area contributed by atoms with Crippen molar-refractivity contribution in [1.29, 1.82) is 0 Å². The first-order valence-corrected chi connectivity index (χ1v) is 15.6. The molecular weight excluding hydrogens is 664 g/mol. The van der Waals surface area contributed by atoms with E-state index >= 15 is 8.78 Å². The number of nitrogens with one attached hydrogen (secondary N) is 1. The summed E-state index contributed by atoms with van der Waals surface area (Å²) in [5.41, 5.74) is -1.83. The maximum absolute atomic E-state index is 16.0. The van der Waals surface area contributed by atoms with Crippen LogP contribution < -0.4 is 85.0 Å². The molecule has 1 unspecified atom stereocenters. The van der Waals surface area contributed by atoms with E-state index in [1.54, 1.807) is 6.92 Å². The first-order valence-electron chi connectivity index (χ1n) is 14.2. The van der Waals surface area contributed by atoms with Gasteiger partial charge in [0.2, 0.25) is 5.91 Å². The van der Waals surface area contributed by atoms with Crippen molar-refractivity contribution in [2.45, 2.75) is 57.3 Å². The van der Waals surface area contributed by atoms with Gasteiger partial charge in [-0.3, -0.25) is 9.59 Å². The van der Waals surface area contributed by atoms with Gasteiger partial charge >= 0.3 is 59.1 Å². The van der Waals surface area contributed by atoms with Crippen molar-refractivity contribution in [1.82, 2.24) is 14.8 Å². The van der Waals surface area contributed by atoms with Crippen LogP contribution in [0.15, 0.2) is 28.3 Å². The number of thiocarbonyl (C=S) groups is 1. The SMILES string of the molecule is C[C@H](O)[C@H]1C(=O)N2C(C(=O)[O-])=C(CSC(=S)NC3CCN(c4c(F)cc5c(=O)c(C(=O)[O-])cn(C6CC6)c5c4F)C3)[C@@H](C)[C@@H]12.[Na+].[Na+]. The number of pyridine rings is 1. The van der Waals surface area contributed by atoms with Crippen molar-refractivity contribution in [2.75, 3.05) is 23.7 Å². The van der Waals surface area contributed by atoms with Gasteiger partial charge in [0.05, 0.1) is 52.2 Å². The third-order valence-electron chi connectivity index (χ3n) is 9.04.